The third kappa shape index (κ3) is 78.2. The highest BCUT2D eigenvalue weighted by Crippen LogP contribution is 2.45. The van der Waals surface area contributed by atoms with E-state index in [0.717, 1.165) is 108 Å². The Labute approximate surface area is 638 Å². The van der Waals surface area contributed by atoms with Gasteiger partial charge in [0.25, 0.3) is 0 Å². The number of carbonyl (C=O) groups excluding carboxylic acids is 4. The first-order chi connectivity index (χ1) is 50.2. The van der Waals surface area contributed by atoms with E-state index in [1.165, 1.54) is 250 Å². The fourth-order valence-electron chi connectivity index (χ4n) is 13.2. The van der Waals surface area contributed by atoms with Gasteiger partial charge in [-0.3, -0.25) is 37.3 Å². The van der Waals surface area contributed by atoms with E-state index < -0.39 is 97.5 Å². The fraction of sp³-hybridized carbons (Fsp3) is 0.953. The average molecular weight is 1520 g/mol. The number of aliphatic hydroxyl groups excluding tert-OH is 1. The third-order valence-corrected chi connectivity index (χ3v) is 21.8. The summed E-state index contributed by atoms with van der Waals surface area (Å²) in [7, 11) is -9.93. The smallest absolute Gasteiger partial charge is 0.462 e. The van der Waals surface area contributed by atoms with Crippen molar-refractivity contribution in [3.8, 4) is 0 Å². The van der Waals surface area contributed by atoms with Gasteiger partial charge in [-0.1, -0.05) is 395 Å². The van der Waals surface area contributed by atoms with E-state index in [-0.39, 0.29) is 25.7 Å². The number of ether oxygens (including phenoxy) is 4. The molecule has 0 saturated heterocycles. The molecule has 0 aromatic heterocycles. The highest BCUT2D eigenvalue weighted by molar-refractivity contribution is 7.47. The van der Waals surface area contributed by atoms with E-state index >= 15 is 0 Å². The Morgan fingerprint density at radius 3 is 0.654 bits per heavy atom. The lowest BCUT2D eigenvalue weighted by Gasteiger charge is -2.21. The van der Waals surface area contributed by atoms with Crippen LogP contribution in [-0.2, 0) is 65.4 Å². The standard InChI is InChI=1S/C85H166O17P2/c1-8-9-10-11-12-13-14-15-16-17-18-19-24-30-35-40-45-54-61-68-84(89)101-80(72-95-82(87)66-59-52-44-39-34-29-25-20-22-27-32-37-42-49-56-63-76(2)3)74-99-103(91,92)97-70-79(86)71-98-104(93,94)100-75-81(73-96-83(88)67-60-53-48-47-51-58-65-78(6)7)102-85(90)69-62-55-46-41-36-31-26-21-23-28-33-38-43-50-57-64-77(4)5/h76-81,86H,8-75H2,1-7H3,(H,91,92)(H,93,94)/t79-,80-,81-/m1/s1. The fourth-order valence-corrected chi connectivity index (χ4v) is 14.8. The molecule has 17 nitrogen and oxygen atoms in total. The molecule has 0 heterocycles. The van der Waals surface area contributed by atoms with Crippen LogP contribution in [0.4, 0.5) is 0 Å². The van der Waals surface area contributed by atoms with Crippen molar-refractivity contribution in [1.29, 1.82) is 0 Å². The Bertz CT molecular complexity index is 2010. The van der Waals surface area contributed by atoms with Crippen LogP contribution in [0.2, 0.25) is 0 Å². The van der Waals surface area contributed by atoms with Gasteiger partial charge in [0, 0.05) is 25.7 Å². The molecule has 0 fully saturated rings. The van der Waals surface area contributed by atoms with Crippen LogP contribution >= 0.6 is 15.6 Å². The van der Waals surface area contributed by atoms with E-state index in [2.05, 4.69) is 48.5 Å². The van der Waals surface area contributed by atoms with Gasteiger partial charge >= 0.3 is 39.5 Å². The van der Waals surface area contributed by atoms with Crippen molar-refractivity contribution in [2.75, 3.05) is 39.6 Å². The molecular formula is C85H166O17P2. The average Bonchev–Trinajstić information content (AvgIpc) is 0.903. The monoisotopic (exact) mass is 1520 g/mol. The molecule has 0 spiro atoms. The summed E-state index contributed by atoms with van der Waals surface area (Å²) in [6, 6.07) is 0. The predicted octanol–water partition coefficient (Wildman–Crippen LogP) is 25.7. The van der Waals surface area contributed by atoms with Crippen LogP contribution in [0.25, 0.3) is 0 Å². The molecule has 0 aromatic rings. The van der Waals surface area contributed by atoms with Gasteiger partial charge in [-0.2, -0.15) is 0 Å². The van der Waals surface area contributed by atoms with Gasteiger partial charge in [-0.05, 0) is 43.4 Å². The molecule has 3 N–H and O–H groups in total. The normalized spacial score (nSPS) is 13.9. The second-order valence-corrected chi connectivity index (χ2v) is 34.9. The first-order valence-corrected chi connectivity index (χ1v) is 46.8. The van der Waals surface area contributed by atoms with Gasteiger partial charge in [0.2, 0.25) is 0 Å². The van der Waals surface area contributed by atoms with Crippen LogP contribution in [0.15, 0.2) is 0 Å². The van der Waals surface area contributed by atoms with E-state index in [1.54, 1.807) is 0 Å². The summed E-state index contributed by atoms with van der Waals surface area (Å²) >= 11 is 0. The lowest BCUT2D eigenvalue weighted by molar-refractivity contribution is -0.161. The lowest BCUT2D eigenvalue weighted by atomic mass is 10.0. The molecule has 2 unspecified atom stereocenters. The Hall–Kier alpha value is -1.94. The Morgan fingerprint density at radius 2 is 0.442 bits per heavy atom. The van der Waals surface area contributed by atoms with E-state index in [1.807, 2.05) is 0 Å². The Balaban J connectivity index is 5.22. The van der Waals surface area contributed by atoms with Crippen LogP contribution in [-0.4, -0.2) is 96.7 Å². The number of rotatable bonds is 83. The highest BCUT2D eigenvalue weighted by Gasteiger charge is 2.30. The van der Waals surface area contributed by atoms with E-state index in [9.17, 15) is 43.2 Å². The highest BCUT2D eigenvalue weighted by atomic mass is 31.2. The number of esters is 4. The molecule has 0 aliphatic rings. The topological polar surface area (TPSA) is 237 Å². The molecular weight excluding hydrogens is 1350 g/mol. The molecule has 5 atom stereocenters. The van der Waals surface area contributed by atoms with Crippen LogP contribution in [0.5, 0.6) is 0 Å². The number of phosphoric ester groups is 2. The van der Waals surface area contributed by atoms with Crippen molar-refractivity contribution in [3.05, 3.63) is 0 Å². The molecule has 104 heavy (non-hydrogen) atoms. The minimum atomic E-state index is -4.96. The summed E-state index contributed by atoms with van der Waals surface area (Å²) in [5, 5.41) is 10.7. The number of hydrogen-bond donors (Lipinski definition) is 3. The van der Waals surface area contributed by atoms with Crippen molar-refractivity contribution in [1.82, 2.24) is 0 Å². The molecule has 0 radical (unpaired) electrons. The minimum absolute atomic E-state index is 0.107. The summed E-state index contributed by atoms with van der Waals surface area (Å²) in [5.41, 5.74) is 0. The maximum atomic E-state index is 13.1. The number of unbranched alkanes of at least 4 members (excludes halogenated alkanes) is 51. The summed E-state index contributed by atoms with van der Waals surface area (Å²) in [4.78, 5) is 73.1. The van der Waals surface area contributed by atoms with Gasteiger partial charge in [0.05, 0.1) is 26.4 Å². The number of hydrogen-bond acceptors (Lipinski definition) is 15. The SMILES string of the molecule is CCCCCCCCCCCCCCCCCCCCCC(=O)O[C@H](COC(=O)CCCCCCCCCCCCCCCCCC(C)C)COP(=O)(O)OC[C@@H](O)COP(=O)(O)OC[C@@H](COC(=O)CCCCCCCCC(C)C)OC(=O)CCCCCCCCCCCCCCCCCC(C)C. The maximum absolute atomic E-state index is 13.1. The van der Waals surface area contributed by atoms with Crippen molar-refractivity contribution < 1.29 is 80.2 Å². The molecule has 19 heteroatoms. The zero-order valence-corrected chi connectivity index (χ0v) is 70.3. The first-order valence-electron chi connectivity index (χ1n) is 43.8. The van der Waals surface area contributed by atoms with Crippen molar-refractivity contribution >= 4 is 39.5 Å². The number of phosphoric acid groups is 2. The summed E-state index contributed by atoms with van der Waals surface area (Å²) in [6.45, 7) is 11.9. The van der Waals surface area contributed by atoms with Crippen LogP contribution in [0.1, 0.15) is 447 Å². The molecule has 0 aromatic carbocycles. The summed E-state index contributed by atoms with van der Waals surface area (Å²) < 4.78 is 68.8. The van der Waals surface area contributed by atoms with Gasteiger partial charge in [-0.25, -0.2) is 9.13 Å². The minimum Gasteiger partial charge on any atom is -0.462 e. The van der Waals surface area contributed by atoms with E-state index in [0.29, 0.717) is 31.6 Å². The summed E-state index contributed by atoms with van der Waals surface area (Å²) in [5.74, 6) is 0.181. The molecule has 0 aliphatic carbocycles. The van der Waals surface area contributed by atoms with Crippen molar-refractivity contribution in [3.63, 3.8) is 0 Å². The molecule has 0 bridgehead atoms. The molecule has 0 amide bonds. The predicted molar refractivity (Wildman–Crippen MR) is 428 cm³/mol. The maximum Gasteiger partial charge on any atom is 0.472 e. The van der Waals surface area contributed by atoms with Gasteiger partial charge in [0.1, 0.15) is 19.3 Å². The lowest BCUT2D eigenvalue weighted by Crippen LogP contribution is -2.30. The van der Waals surface area contributed by atoms with Crippen LogP contribution in [0.3, 0.4) is 0 Å². The van der Waals surface area contributed by atoms with Crippen LogP contribution < -0.4 is 0 Å². The quantitative estimate of drug-likeness (QED) is 0.0222. The summed E-state index contributed by atoms with van der Waals surface area (Å²) in [6.07, 6.45) is 65.4. The first kappa shape index (κ1) is 102. The third-order valence-electron chi connectivity index (χ3n) is 19.9. The molecule has 0 rings (SSSR count). The van der Waals surface area contributed by atoms with Gasteiger partial charge in [-0.15, -0.1) is 0 Å². The second kappa shape index (κ2) is 75.1. The van der Waals surface area contributed by atoms with Gasteiger partial charge < -0.3 is 33.8 Å². The van der Waals surface area contributed by atoms with Crippen molar-refractivity contribution in [2.24, 2.45) is 17.8 Å². The van der Waals surface area contributed by atoms with Gasteiger partial charge in [0.15, 0.2) is 12.2 Å². The number of carbonyl (C=O) groups is 4. The Kier molecular flexibility index (Phi) is 73.7. The second-order valence-electron chi connectivity index (χ2n) is 32.0. The van der Waals surface area contributed by atoms with E-state index in [4.69, 9.17) is 37.0 Å². The molecule has 618 valence electrons. The van der Waals surface area contributed by atoms with Crippen molar-refractivity contribution in [2.45, 2.75) is 465 Å². The zero-order chi connectivity index (χ0) is 76.5. The largest absolute Gasteiger partial charge is 0.472 e. The number of aliphatic hydroxyl groups is 1. The zero-order valence-electron chi connectivity index (χ0n) is 68.5. The molecule has 0 aliphatic heterocycles. The van der Waals surface area contributed by atoms with Crippen LogP contribution in [0, 0.1) is 17.8 Å². The Morgan fingerprint density at radius 1 is 0.260 bits per heavy atom. The molecule has 0 saturated carbocycles.